The molecule has 2 heterocycles. The van der Waals surface area contributed by atoms with Crippen LogP contribution < -0.4 is 5.32 Å². The molecule has 0 aliphatic rings. The van der Waals surface area contributed by atoms with Gasteiger partial charge >= 0.3 is 0 Å². The van der Waals surface area contributed by atoms with E-state index in [9.17, 15) is 10.1 Å². The molecule has 0 aliphatic carbocycles. The Hall–Kier alpha value is -3.08. The first-order chi connectivity index (χ1) is 15.9. The minimum absolute atomic E-state index is 0.110. The lowest BCUT2D eigenvalue weighted by molar-refractivity contribution is -0.112. The van der Waals surface area contributed by atoms with Crippen LogP contribution in [0, 0.1) is 11.3 Å². The highest BCUT2D eigenvalue weighted by molar-refractivity contribution is 7.15. The molecule has 33 heavy (non-hydrogen) atoms. The van der Waals surface area contributed by atoms with E-state index >= 15 is 0 Å². The van der Waals surface area contributed by atoms with E-state index in [1.54, 1.807) is 48.7 Å². The summed E-state index contributed by atoms with van der Waals surface area (Å²) in [4.78, 5) is 17.7. The molecule has 0 unspecified atom stereocenters. The number of nitrogens with zero attached hydrogens (tertiary/aromatic N) is 2. The van der Waals surface area contributed by atoms with Crippen LogP contribution in [0.15, 0.2) is 70.8 Å². The Labute approximate surface area is 208 Å². The molecule has 1 amide bonds. The fourth-order valence-corrected chi connectivity index (χ4v) is 4.30. The maximum absolute atomic E-state index is 12.6. The molecule has 4 rings (SSSR count). The molecule has 0 saturated heterocycles. The van der Waals surface area contributed by atoms with Crippen LogP contribution in [-0.2, 0) is 11.2 Å². The predicted octanol–water partition coefficient (Wildman–Crippen LogP) is 7.50. The molecule has 2 aromatic heterocycles. The summed E-state index contributed by atoms with van der Waals surface area (Å²) in [5.41, 5.74) is 1.58. The van der Waals surface area contributed by atoms with Crippen molar-refractivity contribution in [3.8, 4) is 17.4 Å². The summed E-state index contributed by atoms with van der Waals surface area (Å²) in [5.74, 6) is 0.394. The van der Waals surface area contributed by atoms with Gasteiger partial charge in [0.05, 0.1) is 0 Å². The molecule has 0 saturated carbocycles. The van der Waals surface area contributed by atoms with Crippen LogP contribution in [0.3, 0.4) is 0 Å². The number of halogens is 3. The summed E-state index contributed by atoms with van der Waals surface area (Å²) in [7, 11) is 0. The zero-order valence-corrected chi connectivity index (χ0v) is 19.9. The standard InChI is InChI=1S/C24H14Cl3N3O2S/c25-17-3-1-14(2-4-17)22-8-6-19(32-22)10-16(12-28)23(31)30-24-29-13-20(33-24)11-15-9-18(26)5-7-21(15)27/h1-10,13H,11H2,(H,29,30,31). The summed E-state index contributed by atoms with van der Waals surface area (Å²) in [6, 6.07) is 17.8. The Morgan fingerprint density at radius 3 is 2.61 bits per heavy atom. The van der Waals surface area contributed by atoms with Gasteiger partial charge in [-0.1, -0.05) is 34.8 Å². The normalized spacial score (nSPS) is 11.3. The number of carbonyl (C=O) groups is 1. The number of hydrogen-bond acceptors (Lipinski definition) is 5. The first-order valence-corrected chi connectivity index (χ1v) is 11.5. The van der Waals surface area contributed by atoms with Gasteiger partial charge in [0.15, 0.2) is 5.13 Å². The van der Waals surface area contributed by atoms with Crippen LogP contribution in [0.4, 0.5) is 5.13 Å². The highest BCUT2D eigenvalue weighted by Crippen LogP contribution is 2.28. The van der Waals surface area contributed by atoms with Gasteiger partial charge in [0.2, 0.25) is 0 Å². The molecule has 0 aliphatic heterocycles. The smallest absolute Gasteiger partial charge is 0.268 e. The Kier molecular flexibility index (Phi) is 7.17. The first kappa shape index (κ1) is 23.1. The monoisotopic (exact) mass is 513 g/mol. The molecule has 0 atom stereocenters. The van der Waals surface area contributed by atoms with Crippen molar-refractivity contribution >= 4 is 63.3 Å². The average molecular weight is 515 g/mol. The van der Waals surface area contributed by atoms with Crippen molar-refractivity contribution in [1.82, 2.24) is 4.98 Å². The van der Waals surface area contributed by atoms with Crippen molar-refractivity contribution < 1.29 is 9.21 Å². The zero-order valence-electron chi connectivity index (χ0n) is 16.8. The molecule has 5 nitrogen and oxygen atoms in total. The van der Waals surface area contributed by atoms with E-state index in [0.717, 1.165) is 16.0 Å². The maximum Gasteiger partial charge on any atom is 0.268 e. The molecule has 0 fully saturated rings. The first-order valence-electron chi connectivity index (χ1n) is 9.59. The lowest BCUT2D eigenvalue weighted by Gasteiger charge is -2.02. The highest BCUT2D eigenvalue weighted by Gasteiger charge is 2.14. The molecule has 164 valence electrons. The number of carbonyl (C=O) groups excluding carboxylic acids is 1. The molecule has 4 aromatic rings. The third-order valence-electron chi connectivity index (χ3n) is 4.55. The van der Waals surface area contributed by atoms with Gasteiger partial charge in [-0.2, -0.15) is 5.26 Å². The molecule has 0 radical (unpaired) electrons. The van der Waals surface area contributed by atoms with Gasteiger partial charge in [0.1, 0.15) is 23.2 Å². The number of thiazole rings is 1. The van der Waals surface area contributed by atoms with Crippen molar-refractivity contribution in [3.05, 3.63) is 97.6 Å². The van der Waals surface area contributed by atoms with Crippen LogP contribution in [0.1, 0.15) is 16.2 Å². The van der Waals surface area contributed by atoms with E-state index in [4.69, 9.17) is 39.2 Å². The topological polar surface area (TPSA) is 78.9 Å². The van der Waals surface area contributed by atoms with Crippen molar-refractivity contribution in [1.29, 1.82) is 5.26 Å². The summed E-state index contributed by atoms with van der Waals surface area (Å²) < 4.78 is 5.75. The van der Waals surface area contributed by atoms with Crippen LogP contribution in [-0.4, -0.2) is 10.9 Å². The van der Waals surface area contributed by atoms with Crippen molar-refractivity contribution in [2.75, 3.05) is 5.32 Å². The fraction of sp³-hybridized carbons (Fsp3) is 0.0417. The molecular weight excluding hydrogens is 501 g/mol. The van der Waals surface area contributed by atoms with Gasteiger partial charge < -0.3 is 4.42 Å². The third-order valence-corrected chi connectivity index (χ3v) is 6.32. The summed E-state index contributed by atoms with van der Waals surface area (Å²) >= 11 is 19.5. The minimum atomic E-state index is -0.580. The Morgan fingerprint density at radius 2 is 1.85 bits per heavy atom. The Morgan fingerprint density at radius 1 is 1.09 bits per heavy atom. The van der Waals surface area contributed by atoms with E-state index in [1.165, 1.54) is 17.4 Å². The molecule has 9 heteroatoms. The van der Waals surface area contributed by atoms with E-state index in [-0.39, 0.29) is 5.57 Å². The highest BCUT2D eigenvalue weighted by atomic mass is 35.5. The zero-order chi connectivity index (χ0) is 23.4. The van der Waals surface area contributed by atoms with Crippen LogP contribution in [0.5, 0.6) is 0 Å². The second-order valence-corrected chi connectivity index (χ2v) is 9.27. The summed E-state index contributed by atoms with van der Waals surface area (Å²) in [5, 5.41) is 14.3. The maximum atomic E-state index is 12.6. The minimum Gasteiger partial charge on any atom is -0.457 e. The van der Waals surface area contributed by atoms with Gasteiger partial charge in [-0.25, -0.2) is 4.98 Å². The lowest BCUT2D eigenvalue weighted by Crippen LogP contribution is -2.13. The van der Waals surface area contributed by atoms with E-state index in [1.807, 2.05) is 18.2 Å². The van der Waals surface area contributed by atoms with Gasteiger partial charge in [0.25, 0.3) is 5.91 Å². The van der Waals surface area contributed by atoms with Crippen molar-refractivity contribution in [3.63, 3.8) is 0 Å². The Bertz CT molecular complexity index is 1380. The molecular formula is C24H14Cl3N3O2S. The second-order valence-electron chi connectivity index (χ2n) is 6.88. The predicted molar refractivity (Wildman–Crippen MR) is 133 cm³/mol. The quantitative estimate of drug-likeness (QED) is 0.213. The number of aromatic nitrogens is 1. The fourth-order valence-electron chi connectivity index (χ4n) is 2.97. The largest absolute Gasteiger partial charge is 0.457 e. The third kappa shape index (κ3) is 5.84. The van der Waals surface area contributed by atoms with E-state index in [2.05, 4.69) is 10.3 Å². The molecule has 0 bridgehead atoms. The van der Waals surface area contributed by atoms with E-state index in [0.29, 0.717) is 38.1 Å². The SMILES string of the molecule is N#CC(=Cc1ccc(-c2ccc(Cl)cc2)o1)C(=O)Nc1ncc(Cc2cc(Cl)ccc2Cl)s1. The van der Waals surface area contributed by atoms with Crippen LogP contribution in [0.2, 0.25) is 15.1 Å². The number of benzene rings is 2. The lowest BCUT2D eigenvalue weighted by atomic mass is 10.1. The second kappa shape index (κ2) is 10.2. The van der Waals surface area contributed by atoms with Crippen LogP contribution >= 0.6 is 46.1 Å². The van der Waals surface area contributed by atoms with Gasteiger partial charge in [-0.15, -0.1) is 11.3 Å². The number of furan rings is 1. The molecule has 1 N–H and O–H groups in total. The number of nitrogens with one attached hydrogen (secondary N) is 1. The van der Waals surface area contributed by atoms with Gasteiger partial charge in [-0.3, -0.25) is 10.1 Å². The number of amides is 1. The van der Waals surface area contributed by atoms with E-state index < -0.39 is 5.91 Å². The average Bonchev–Trinajstić information content (AvgIpc) is 3.44. The number of anilines is 1. The van der Waals surface area contributed by atoms with Gasteiger partial charge in [-0.05, 0) is 60.2 Å². The molecule has 2 aromatic carbocycles. The number of nitriles is 1. The summed E-state index contributed by atoms with van der Waals surface area (Å²) in [6.45, 7) is 0. The van der Waals surface area contributed by atoms with Gasteiger partial charge in [0, 0.05) is 44.2 Å². The number of hydrogen-bond donors (Lipinski definition) is 1. The van der Waals surface area contributed by atoms with Crippen LogP contribution in [0.25, 0.3) is 17.4 Å². The Balaban J connectivity index is 1.45. The summed E-state index contributed by atoms with van der Waals surface area (Å²) in [6.07, 6.45) is 3.56. The molecule has 0 spiro atoms. The van der Waals surface area contributed by atoms with Crippen molar-refractivity contribution in [2.45, 2.75) is 6.42 Å². The number of rotatable bonds is 6. The van der Waals surface area contributed by atoms with Crippen molar-refractivity contribution in [2.24, 2.45) is 0 Å².